The maximum atomic E-state index is 11.7. The average molecular weight is 307 g/mol. The summed E-state index contributed by atoms with van der Waals surface area (Å²) in [6.45, 7) is 4.60. The van der Waals surface area contributed by atoms with Crippen LogP contribution in [0.3, 0.4) is 0 Å². The van der Waals surface area contributed by atoms with Gasteiger partial charge in [0.25, 0.3) is 5.91 Å². The number of aryl methyl sites for hydroxylation is 2. The molecule has 0 saturated heterocycles. The fourth-order valence-electron chi connectivity index (χ4n) is 2.12. The maximum Gasteiger partial charge on any atom is 0.305 e. The van der Waals surface area contributed by atoms with Gasteiger partial charge < -0.3 is 14.8 Å². The first-order chi connectivity index (χ1) is 10.5. The van der Waals surface area contributed by atoms with Gasteiger partial charge in [-0.3, -0.25) is 9.59 Å². The van der Waals surface area contributed by atoms with E-state index in [9.17, 15) is 9.59 Å². The molecule has 0 aliphatic heterocycles. The minimum atomic E-state index is -0.189. The summed E-state index contributed by atoms with van der Waals surface area (Å²) < 4.78 is 10.0. The van der Waals surface area contributed by atoms with Gasteiger partial charge >= 0.3 is 5.97 Å². The van der Waals surface area contributed by atoms with E-state index in [1.165, 1.54) is 7.11 Å². The highest BCUT2D eigenvalue weighted by molar-refractivity contribution is 5.77. The van der Waals surface area contributed by atoms with Crippen molar-refractivity contribution in [1.29, 1.82) is 0 Å². The molecule has 0 aliphatic rings. The maximum absolute atomic E-state index is 11.7. The van der Waals surface area contributed by atoms with E-state index in [1.807, 2.05) is 26.0 Å². The molecule has 22 heavy (non-hydrogen) atoms. The number of nitrogens with one attached hydrogen (secondary N) is 1. The number of carbonyl (C=O) groups excluding carboxylic acids is 2. The lowest BCUT2D eigenvalue weighted by Crippen LogP contribution is -2.29. The van der Waals surface area contributed by atoms with Crippen molar-refractivity contribution in [3.8, 4) is 5.75 Å². The van der Waals surface area contributed by atoms with Gasteiger partial charge in [0.1, 0.15) is 5.75 Å². The molecule has 0 aromatic heterocycles. The van der Waals surface area contributed by atoms with Gasteiger partial charge in [-0.25, -0.2) is 0 Å². The minimum Gasteiger partial charge on any atom is -0.484 e. The first-order valence-electron chi connectivity index (χ1n) is 7.56. The zero-order valence-corrected chi connectivity index (χ0v) is 13.6. The van der Waals surface area contributed by atoms with E-state index < -0.39 is 0 Å². The summed E-state index contributed by atoms with van der Waals surface area (Å²) in [5.41, 5.74) is 2.22. The predicted molar refractivity (Wildman–Crippen MR) is 84.9 cm³/mol. The fraction of sp³-hybridized carbons (Fsp3) is 0.529. The molecular weight excluding hydrogens is 282 g/mol. The van der Waals surface area contributed by atoms with Crippen molar-refractivity contribution in [2.75, 3.05) is 20.3 Å². The standard InChI is InChI=1S/C17H25NO4/c1-13-9-14(2)11-15(10-13)22-12-16(19)18-8-6-4-5-7-17(20)21-3/h9-11H,4-8,12H2,1-3H3,(H,18,19). The van der Waals surface area contributed by atoms with Gasteiger partial charge in [0.2, 0.25) is 0 Å². The zero-order chi connectivity index (χ0) is 16.4. The number of hydrogen-bond donors (Lipinski definition) is 1. The molecule has 1 N–H and O–H groups in total. The second kappa shape index (κ2) is 9.82. The summed E-state index contributed by atoms with van der Waals surface area (Å²) in [6, 6.07) is 5.88. The second-order valence-electron chi connectivity index (χ2n) is 5.35. The topological polar surface area (TPSA) is 64.6 Å². The molecule has 1 amide bonds. The Labute approximate surface area is 132 Å². The van der Waals surface area contributed by atoms with E-state index in [-0.39, 0.29) is 18.5 Å². The molecule has 0 unspecified atom stereocenters. The van der Waals surface area contributed by atoms with Crippen LogP contribution in [0.1, 0.15) is 36.8 Å². The number of carbonyl (C=O) groups is 2. The lowest BCUT2D eigenvalue weighted by atomic mass is 10.1. The Bertz CT molecular complexity index is 479. The molecule has 0 saturated carbocycles. The van der Waals surface area contributed by atoms with Crippen LogP contribution in [-0.4, -0.2) is 32.1 Å². The molecule has 0 fully saturated rings. The molecule has 0 bridgehead atoms. The van der Waals surface area contributed by atoms with Gasteiger partial charge in [-0.15, -0.1) is 0 Å². The van der Waals surface area contributed by atoms with Crippen molar-refractivity contribution in [2.24, 2.45) is 0 Å². The van der Waals surface area contributed by atoms with E-state index in [0.717, 1.165) is 30.4 Å². The molecule has 1 aromatic rings. The third-order valence-corrected chi connectivity index (χ3v) is 3.17. The van der Waals surface area contributed by atoms with Crippen LogP contribution in [0.4, 0.5) is 0 Å². The average Bonchev–Trinajstić information content (AvgIpc) is 2.47. The van der Waals surface area contributed by atoms with Crippen molar-refractivity contribution >= 4 is 11.9 Å². The quantitative estimate of drug-likeness (QED) is 0.562. The number of ether oxygens (including phenoxy) is 2. The molecule has 1 aromatic carbocycles. The summed E-state index contributed by atoms with van der Waals surface area (Å²) in [6.07, 6.45) is 2.93. The Morgan fingerprint density at radius 1 is 1.05 bits per heavy atom. The third-order valence-electron chi connectivity index (χ3n) is 3.17. The van der Waals surface area contributed by atoms with Crippen LogP contribution in [0, 0.1) is 13.8 Å². The van der Waals surface area contributed by atoms with E-state index in [2.05, 4.69) is 16.1 Å². The summed E-state index contributed by atoms with van der Waals surface area (Å²) in [5.74, 6) is 0.392. The minimum absolute atomic E-state index is 0.0189. The highest BCUT2D eigenvalue weighted by Gasteiger charge is 2.04. The number of hydrogen-bond acceptors (Lipinski definition) is 4. The molecule has 0 radical (unpaired) electrons. The summed E-state index contributed by atoms with van der Waals surface area (Å²) >= 11 is 0. The SMILES string of the molecule is COC(=O)CCCCCNC(=O)COc1cc(C)cc(C)c1. The molecule has 1 rings (SSSR count). The number of esters is 1. The van der Waals surface area contributed by atoms with Crippen LogP contribution >= 0.6 is 0 Å². The third kappa shape index (κ3) is 7.67. The number of benzene rings is 1. The molecule has 0 heterocycles. The highest BCUT2D eigenvalue weighted by Crippen LogP contribution is 2.15. The summed E-state index contributed by atoms with van der Waals surface area (Å²) in [4.78, 5) is 22.6. The molecule has 122 valence electrons. The van der Waals surface area contributed by atoms with E-state index in [1.54, 1.807) is 0 Å². The van der Waals surface area contributed by atoms with Crippen LogP contribution in [0.2, 0.25) is 0 Å². The van der Waals surface area contributed by atoms with Crippen molar-refractivity contribution in [3.63, 3.8) is 0 Å². The molecule has 0 spiro atoms. The van der Waals surface area contributed by atoms with Gasteiger partial charge in [-0.05, 0) is 49.9 Å². The van der Waals surface area contributed by atoms with E-state index in [0.29, 0.717) is 18.7 Å². The van der Waals surface area contributed by atoms with Gasteiger partial charge in [-0.1, -0.05) is 12.5 Å². The summed E-state index contributed by atoms with van der Waals surface area (Å²) in [7, 11) is 1.39. The zero-order valence-electron chi connectivity index (χ0n) is 13.6. The van der Waals surface area contributed by atoms with Crippen LogP contribution in [0.25, 0.3) is 0 Å². The van der Waals surface area contributed by atoms with Gasteiger partial charge in [0.15, 0.2) is 6.61 Å². The largest absolute Gasteiger partial charge is 0.484 e. The Hall–Kier alpha value is -2.04. The van der Waals surface area contributed by atoms with Crippen molar-refractivity contribution in [3.05, 3.63) is 29.3 Å². The Kier molecular flexibility index (Phi) is 8.04. The Morgan fingerprint density at radius 2 is 1.73 bits per heavy atom. The molecule has 0 aliphatic carbocycles. The highest BCUT2D eigenvalue weighted by atomic mass is 16.5. The fourth-order valence-corrected chi connectivity index (χ4v) is 2.12. The van der Waals surface area contributed by atoms with Crippen LogP contribution in [0.15, 0.2) is 18.2 Å². The monoisotopic (exact) mass is 307 g/mol. The first-order valence-corrected chi connectivity index (χ1v) is 7.56. The molecule has 5 nitrogen and oxygen atoms in total. The smallest absolute Gasteiger partial charge is 0.305 e. The van der Waals surface area contributed by atoms with Crippen molar-refractivity contribution in [2.45, 2.75) is 39.5 Å². The number of methoxy groups -OCH3 is 1. The first kappa shape index (κ1) is 18.0. The van der Waals surface area contributed by atoms with Crippen LogP contribution in [-0.2, 0) is 14.3 Å². The van der Waals surface area contributed by atoms with Gasteiger partial charge in [-0.2, -0.15) is 0 Å². The normalized spacial score (nSPS) is 10.1. The van der Waals surface area contributed by atoms with E-state index in [4.69, 9.17) is 4.74 Å². The van der Waals surface area contributed by atoms with E-state index >= 15 is 0 Å². The summed E-state index contributed by atoms with van der Waals surface area (Å²) in [5, 5.41) is 2.80. The Balaban J connectivity index is 2.12. The molecular formula is C17H25NO4. The Morgan fingerprint density at radius 3 is 2.36 bits per heavy atom. The lowest BCUT2D eigenvalue weighted by molar-refractivity contribution is -0.140. The molecule has 5 heteroatoms. The van der Waals surface area contributed by atoms with Crippen LogP contribution in [0.5, 0.6) is 5.75 Å². The van der Waals surface area contributed by atoms with Gasteiger partial charge in [0, 0.05) is 13.0 Å². The van der Waals surface area contributed by atoms with Gasteiger partial charge in [0.05, 0.1) is 7.11 Å². The lowest BCUT2D eigenvalue weighted by Gasteiger charge is -2.09. The van der Waals surface area contributed by atoms with Crippen LogP contribution < -0.4 is 10.1 Å². The second-order valence-corrected chi connectivity index (χ2v) is 5.35. The number of amides is 1. The number of rotatable bonds is 9. The van der Waals surface area contributed by atoms with Crippen molar-refractivity contribution < 1.29 is 19.1 Å². The molecule has 0 atom stereocenters. The number of unbranched alkanes of at least 4 members (excludes halogenated alkanes) is 2. The van der Waals surface area contributed by atoms with Crippen molar-refractivity contribution in [1.82, 2.24) is 5.32 Å². The predicted octanol–water partition coefficient (Wildman–Crippen LogP) is 2.53.